The van der Waals surface area contributed by atoms with Gasteiger partial charge in [0.15, 0.2) is 5.96 Å². The summed E-state index contributed by atoms with van der Waals surface area (Å²) in [5.74, 6) is 1.17. The summed E-state index contributed by atoms with van der Waals surface area (Å²) in [5, 5.41) is 2.28. The highest BCUT2D eigenvalue weighted by atomic mass is 35.5. The van der Waals surface area contributed by atoms with Gasteiger partial charge in [-0.05, 0) is 31.0 Å². The summed E-state index contributed by atoms with van der Waals surface area (Å²) in [5.41, 5.74) is 11.9. The Morgan fingerprint density at radius 1 is 1.25 bits per heavy atom. The molecule has 0 unspecified atom stereocenters. The maximum atomic E-state index is 6.12. The zero-order valence-electron chi connectivity index (χ0n) is 13.9. The summed E-state index contributed by atoms with van der Waals surface area (Å²) >= 11 is 13.8. The van der Waals surface area contributed by atoms with E-state index in [1.807, 2.05) is 12.1 Å². The lowest BCUT2D eigenvalue weighted by Crippen LogP contribution is -2.23. The van der Waals surface area contributed by atoms with Crippen molar-refractivity contribution in [2.45, 2.75) is 49.7 Å². The summed E-state index contributed by atoms with van der Waals surface area (Å²) in [7, 11) is 0. The first-order valence-electron chi connectivity index (χ1n) is 7.60. The van der Waals surface area contributed by atoms with E-state index in [9.17, 15) is 0 Å². The van der Waals surface area contributed by atoms with E-state index in [0.717, 1.165) is 28.0 Å². The highest BCUT2D eigenvalue weighted by Crippen LogP contribution is 2.37. The van der Waals surface area contributed by atoms with Gasteiger partial charge in [0, 0.05) is 21.5 Å². The van der Waals surface area contributed by atoms with Crippen LogP contribution in [0.15, 0.2) is 33.1 Å². The van der Waals surface area contributed by atoms with Crippen LogP contribution in [0.25, 0.3) is 0 Å². The second-order valence-corrected chi connectivity index (χ2v) is 7.50. The van der Waals surface area contributed by atoms with E-state index in [0.29, 0.717) is 16.6 Å². The lowest BCUT2D eigenvalue weighted by atomic mass is 10.1. The molecule has 2 rings (SSSR count). The highest BCUT2D eigenvalue weighted by Gasteiger charge is 2.19. The molecule has 5 nitrogen and oxygen atoms in total. The average molecular weight is 386 g/mol. The van der Waals surface area contributed by atoms with Crippen LogP contribution in [-0.2, 0) is 13.1 Å². The standard InChI is InChI=1S/C16H21Cl2N5S/c1-4-23-13(8-21-16(19)20)22-14(9(2)3)15(23)24-12-6-10(17)5-11(18)7-12/h5-7,9H,4,8H2,1-3H3,(H4,19,20,21). The third-order valence-electron chi connectivity index (χ3n) is 3.34. The quantitative estimate of drug-likeness (QED) is 0.574. The minimum Gasteiger partial charge on any atom is -0.370 e. The van der Waals surface area contributed by atoms with Crippen molar-refractivity contribution >= 4 is 40.9 Å². The number of halogens is 2. The molecule has 1 heterocycles. The summed E-state index contributed by atoms with van der Waals surface area (Å²) < 4.78 is 2.13. The number of benzene rings is 1. The smallest absolute Gasteiger partial charge is 0.186 e. The van der Waals surface area contributed by atoms with Crippen LogP contribution >= 0.6 is 35.0 Å². The summed E-state index contributed by atoms with van der Waals surface area (Å²) in [6.07, 6.45) is 0. The van der Waals surface area contributed by atoms with Gasteiger partial charge in [0.2, 0.25) is 0 Å². The van der Waals surface area contributed by atoms with Crippen molar-refractivity contribution in [3.05, 3.63) is 39.8 Å². The van der Waals surface area contributed by atoms with Crippen LogP contribution in [0.2, 0.25) is 10.0 Å². The molecule has 24 heavy (non-hydrogen) atoms. The van der Waals surface area contributed by atoms with E-state index in [-0.39, 0.29) is 11.9 Å². The average Bonchev–Trinajstić information content (AvgIpc) is 2.81. The Kier molecular flexibility index (Phi) is 6.43. The van der Waals surface area contributed by atoms with Crippen molar-refractivity contribution in [2.24, 2.45) is 16.5 Å². The number of rotatable bonds is 6. The molecular weight excluding hydrogens is 365 g/mol. The van der Waals surface area contributed by atoms with Crippen molar-refractivity contribution in [2.75, 3.05) is 0 Å². The number of imidazole rings is 1. The van der Waals surface area contributed by atoms with Crippen molar-refractivity contribution in [3.8, 4) is 0 Å². The molecule has 0 saturated heterocycles. The molecule has 0 aliphatic rings. The van der Waals surface area contributed by atoms with Gasteiger partial charge >= 0.3 is 0 Å². The molecule has 0 atom stereocenters. The van der Waals surface area contributed by atoms with Crippen molar-refractivity contribution in [1.29, 1.82) is 0 Å². The largest absolute Gasteiger partial charge is 0.370 e. The van der Waals surface area contributed by atoms with Gasteiger partial charge in [0.1, 0.15) is 17.4 Å². The summed E-state index contributed by atoms with van der Waals surface area (Å²) in [4.78, 5) is 9.81. The number of nitrogens with zero attached hydrogens (tertiary/aromatic N) is 3. The SMILES string of the molecule is CCn1c(CN=C(N)N)nc(C(C)C)c1Sc1cc(Cl)cc(Cl)c1. The van der Waals surface area contributed by atoms with E-state index in [1.54, 1.807) is 17.8 Å². The van der Waals surface area contributed by atoms with Gasteiger partial charge < -0.3 is 16.0 Å². The van der Waals surface area contributed by atoms with Crippen LogP contribution < -0.4 is 11.5 Å². The molecule has 0 aliphatic heterocycles. The number of nitrogens with two attached hydrogens (primary N) is 2. The van der Waals surface area contributed by atoms with Crippen molar-refractivity contribution in [3.63, 3.8) is 0 Å². The summed E-state index contributed by atoms with van der Waals surface area (Å²) in [6.45, 7) is 7.42. The normalized spacial score (nSPS) is 11.1. The Hall–Kier alpha value is -1.37. The van der Waals surface area contributed by atoms with Gasteiger partial charge in [-0.2, -0.15) is 0 Å². The molecule has 0 fully saturated rings. The Labute approximate surface area is 156 Å². The van der Waals surface area contributed by atoms with Crippen molar-refractivity contribution in [1.82, 2.24) is 9.55 Å². The lowest BCUT2D eigenvalue weighted by Gasteiger charge is -2.11. The van der Waals surface area contributed by atoms with Gasteiger partial charge in [-0.25, -0.2) is 9.98 Å². The molecule has 0 aliphatic carbocycles. The van der Waals surface area contributed by atoms with Gasteiger partial charge in [-0.1, -0.05) is 48.8 Å². The lowest BCUT2D eigenvalue weighted by molar-refractivity contribution is 0.645. The number of guanidine groups is 1. The fraction of sp³-hybridized carbons (Fsp3) is 0.375. The predicted molar refractivity (Wildman–Crippen MR) is 102 cm³/mol. The van der Waals surface area contributed by atoms with Crippen LogP contribution in [-0.4, -0.2) is 15.5 Å². The number of hydrogen-bond donors (Lipinski definition) is 2. The second-order valence-electron chi connectivity index (χ2n) is 5.57. The molecule has 4 N–H and O–H groups in total. The maximum Gasteiger partial charge on any atom is 0.186 e. The van der Waals surface area contributed by atoms with E-state index < -0.39 is 0 Å². The minimum absolute atomic E-state index is 0.0579. The van der Waals surface area contributed by atoms with E-state index in [2.05, 4.69) is 30.3 Å². The zero-order chi connectivity index (χ0) is 17.9. The molecular formula is C16H21Cl2N5S. The van der Waals surface area contributed by atoms with Gasteiger partial charge in [-0.15, -0.1) is 0 Å². The maximum absolute atomic E-state index is 6.12. The molecule has 0 radical (unpaired) electrons. The first-order chi connectivity index (χ1) is 11.3. The molecule has 0 spiro atoms. The number of hydrogen-bond acceptors (Lipinski definition) is 3. The van der Waals surface area contributed by atoms with Crippen molar-refractivity contribution < 1.29 is 0 Å². The van der Waals surface area contributed by atoms with E-state index in [4.69, 9.17) is 39.7 Å². The first kappa shape index (κ1) is 19.0. The van der Waals surface area contributed by atoms with Crippen LogP contribution in [0.1, 0.15) is 38.2 Å². The Bertz CT molecular complexity index is 731. The molecule has 130 valence electrons. The Balaban J connectivity index is 2.47. The third-order valence-corrected chi connectivity index (χ3v) is 4.87. The monoisotopic (exact) mass is 385 g/mol. The summed E-state index contributed by atoms with van der Waals surface area (Å²) in [6, 6.07) is 5.51. The van der Waals surface area contributed by atoms with E-state index in [1.165, 1.54) is 0 Å². The van der Waals surface area contributed by atoms with Gasteiger partial charge in [-0.3, -0.25) is 0 Å². The molecule has 1 aromatic heterocycles. The second kappa shape index (κ2) is 8.14. The van der Waals surface area contributed by atoms with Gasteiger partial charge in [0.05, 0.1) is 5.69 Å². The Morgan fingerprint density at radius 2 is 1.88 bits per heavy atom. The minimum atomic E-state index is 0.0579. The fourth-order valence-electron chi connectivity index (χ4n) is 2.29. The molecule has 0 amide bonds. The number of aliphatic imine (C=N–C) groups is 1. The van der Waals surface area contributed by atoms with Crippen LogP contribution in [0.4, 0.5) is 0 Å². The molecule has 0 bridgehead atoms. The number of aromatic nitrogens is 2. The van der Waals surface area contributed by atoms with Crippen LogP contribution in [0, 0.1) is 0 Å². The fourth-order valence-corrected chi connectivity index (χ4v) is 4.28. The molecule has 0 saturated carbocycles. The van der Waals surface area contributed by atoms with E-state index >= 15 is 0 Å². The topological polar surface area (TPSA) is 82.2 Å². The third kappa shape index (κ3) is 4.59. The molecule has 8 heteroatoms. The Morgan fingerprint density at radius 3 is 2.38 bits per heavy atom. The van der Waals surface area contributed by atoms with Crippen LogP contribution in [0.5, 0.6) is 0 Å². The van der Waals surface area contributed by atoms with Gasteiger partial charge in [0.25, 0.3) is 0 Å². The molecule has 2 aromatic rings. The zero-order valence-corrected chi connectivity index (χ0v) is 16.2. The molecule has 1 aromatic carbocycles. The predicted octanol–water partition coefficient (Wildman–Crippen LogP) is 4.26. The highest BCUT2D eigenvalue weighted by molar-refractivity contribution is 7.99. The first-order valence-corrected chi connectivity index (χ1v) is 9.17. The van der Waals surface area contributed by atoms with Crippen LogP contribution in [0.3, 0.4) is 0 Å².